The van der Waals surface area contributed by atoms with E-state index in [2.05, 4.69) is 32.8 Å². The van der Waals surface area contributed by atoms with Gasteiger partial charge in [-0.3, -0.25) is 4.79 Å². The van der Waals surface area contributed by atoms with Crippen molar-refractivity contribution >= 4 is 23.1 Å². The Hall–Kier alpha value is -2.97. The lowest BCUT2D eigenvalue weighted by Crippen LogP contribution is -2.33. The number of thiophene rings is 1. The highest BCUT2D eigenvalue weighted by molar-refractivity contribution is 7.10. The maximum absolute atomic E-state index is 13.0. The molecule has 31 heavy (non-hydrogen) atoms. The van der Waals surface area contributed by atoms with E-state index in [0.29, 0.717) is 24.5 Å². The van der Waals surface area contributed by atoms with Crippen LogP contribution in [0.1, 0.15) is 33.3 Å². The van der Waals surface area contributed by atoms with Crippen LogP contribution in [0.3, 0.4) is 0 Å². The Bertz CT molecular complexity index is 993. The highest BCUT2D eigenvalue weighted by Crippen LogP contribution is 2.28. The molecule has 0 bridgehead atoms. The lowest BCUT2D eigenvalue weighted by molar-refractivity contribution is 0.0754. The highest BCUT2D eigenvalue weighted by Gasteiger charge is 2.26. The van der Waals surface area contributed by atoms with Gasteiger partial charge in [0.1, 0.15) is 29.6 Å². The number of fused-ring (bicyclic) bond motifs is 1. The highest BCUT2D eigenvalue weighted by atomic mass is 32.1. The SMILES string of the molecule is CNCCC(Oc1ccc(CN2CCN(C)c3ncncc3C2=O)cc1)c1cccs1. The van der Waals surface area contributed by atoms with Crippen molar-refractivity contribution in [3.8, 4) is 5.75 Å². The summed E-state index contributed by atoms with van der Waals surface area (Å²) in [5.74, 6) is 1.48. The van der Waals surface area contributed by atoms with Crippen LogP contribution in [0, 0.1) is 0 Å². The summed E-state index contributed by atoms with van der Waals surface area (Å²) in [6.07, 6.45) is 4.01. The minimum absolute atomic E-state index is 0.0255. The molecule has 0 aliphatic carbocycles. The van der Waals surface area contributed by atoms with Crippen molar-refractivity contribution in [2.45, 2.75) is 19.1 Å². The first-order valence-corrected chi connectivity index (χ1v) is 11.3. The van der Waals surface area contributed by atoms with Gasteiger partial charge in [-0.1, -0.05) is 18.2 Å². The Morgan fingerprint density at radius 2 is 2.06 bits per heavy atom. The maximum atomic E-state index is 13.0. The van der Waals surface area contributed by atoms with Gasteiger partial charge in [-0.05, 0) is 42.7 Å². The quantitative estimate of drug-likeness (QED) is 0.583. The first-order valence-electron chi connectivity index (χ1n) is 10.4. The molecule has 1 aliphatic rings. The van der Waals surface area contributed by atoms with Gasteiger partial charge in [0, 0.05) is 44.2 Å². The third-order valence-corrected chi connectivity index (χ3v) is 6.33. The monoisotopic (exact) mass is 437 g/mol. The molecule has 1 unspecified atom stereocenters. The molecule has 2 aromatic heterocycles. The minimum atomic E-state index is -0.0369. The number of anilines is 1. The molecule has 1 amide bonds. The zero-order chi connectivity index (χ0) is 21.6. The summed E-state index contributed by atoms with van der Waals surface area (Å²) in [6, 6.07) is 12.2. The predicted molar refractivity (Wildman–Crippen MR) is 123 cm³/mol. The molecule has 8 heteroatoms. The summed E-state index contributed by atoms with van der Waals surface area (Å²) in [5, 5.41) is 5.27. The predicted octanol–water partition coefficient (Wildman–Crippen LogP) is 3.36. The number of nitrogens with one attached hydrogen (secondary N) is 1. The number of rotatable bonds is 8. The van der Waals surface area contributed by atoms with Gasteiger partial charge in [-0.15, -0.1) is 11.3 Å². The molecule has 4 rings (SSSR count). The van der Waals surface area contributed by atoms with E-state index in [9.17, 15) is 4.79 Å². The van der Waals surface area contributed by atoms with Gasteiger partial charge in [-0.25, -0.2) is 9.97 Å². The van der Waals surface area contributed by atoms with Gasteiger partial charge < -0.3 is 19.9 Å². The Morgan fingerprint density at radius 1 is 1.23 bits per heavy atom. The fourth-order valence-corrected chi connectivity index (χ4v) is 4.43. The van der Waals surface area contributed by atoms with Gasteiger partial charge in [0.15, 0.2) is 0 Å². The number of nitrogens with zero attached hydrogens (tertiary/aromatic N) is 4. The second kappa shape index (κ2) is 9.89. The van der Waals surface area contributed by atoms with Gasteiger partial charge >= 0.3 is 0 Å². The van der Waals surface area contributed by atoms with Gasteiger partial charge in [-0.2, -0.15) is 0 Å². The number of amides is 1. The van der Waals surface area contributed by atoms with E-state index >= 15 is 0 Å². The summed E-state index contributed by atoms with van der Waals surface area (Å²) in [6.45, 7) is 2.78. The van der Waals surface area contributed by atoms with Crippen LogP contribution in [0.25, 0.3) is 0 Å². The maximum Gasteiger partial charge on any atom is 0.259 e. The van der Waals surface area contributed by atoms with Crippen LogP contribution >= 0.6 is 11.3 Å². The molecular weight excluding hydrogens is 410 g/mol. The molecule has 0 saturated carbocycles. The van der Waals surface area contributed by atoms with E-state index in [4.69, 9.17) is 4.74 Å². The summed E-state index contributed by atoms with van der Waals surface area (Å²) in [7, 11) is 3.90. The topological polar surface area (TPSA) is 70.6 Å². The summed E-state index contributed by atoms with van der Waals surface area (Å²) < 4.78 is 6.27. The lowest BCUT2D eigenvalue weighted by atomic mass is 10.1. The molecule has 0 spiro atoms. The molecule has 1 atom stereocenters. The lowest BCUT2D eigenvalue weighted by Gasteiger charge is -2.22. The number of likely N-dealkylation sites (N-methyl/N-ethyl adjacent to an activating group) is 1. The van der Waals surface area contributed by atoms with Gasteiger partial charge in [0.25, 0.3) is 5.91 Å². The third-order valence-electron chi connectivity index (χ3n) is 5.37. The summed E-state index contributed by atoms with van der Waals surface area (Å²) in [4.78, 5) is 26.4. The van der Waals surface area contributed by atoms with E-state index in [-0.39, 0.29) is 12.0 Å². The van der Waals surface area contributed by atoms with Crippen molar-refractivity contribution in [2.75, 3.05) is 38.6 Å². The Morgan fingerprint density at radius 3 is 2.81 bits per heavy atom. The fraction of sp³-hybridized carbons (Fsp3) is 0.348. The molecule has 0 fully saturated rings. The Labute approximate surface area is 186 Å². The summed E-state index contributed by atoms with van der Waals surface area (Å²) >= 11 is 1.71. The number of carbonyl (C=O) groups is 1. The third kappa shape index (κ3) is 5.03. The second-order valence-corrected chi connectivity index (χ2v) is 8.55. The normalized spacial score (nSPS) is 14.8. The standard InChI is InChI=1S/C23H27N5O2S/c1-24-10-9-20(21-4-3-13-31-21)30-18-7-5-17(6-8-18)15-28-12-11-27(2)22-19(23(28)29)14-25-16-26-22/h3-8,13-14,16,20,24H,9-12,15H2,1-2H3. The average Bonchev–Trinajstić information content (AvgIpc) is 3.31. The molecule has 1 aromatic carbocycles. The number of aromatic nitrogens is 2. The molecular formula is C23H27N5O2S. The fourth-order valence-electron chi connectivity index (χ4n) is 3.64. The van der Waals surface area contributed by atoms with Crippen molar-refractivity contribution in [1.29, 1.82) is 0 Å². The first-order chi connectivity index (χ1) is 15.2. The summed E-state index contributed by atoms with van der Waals surface area (Å²) in [5.41, 5.74) is 1.61. The van der Waals surface area contributed by atoms with E-state index in [1.807, 2.05) is 48.2 Å². The zero-order valence-corrected chi connectivity index (χ0v) is 18.6. The molecule has 0 saturated heterocycles. The smallest absolute Gasteiger partial charge is 0.259 e. The van der Waals surface area contributed by atoms with Crippen molar-refractivity contribution in [3.63, 3.8) is 0 Å². The van der Waals surface area contributed by atoms with E-state index < -0.39 is 0 Å². The number of hydrogen-bond donors (Lipinski definition) is 1. The number of hydrogen-bond acceptors (Lipinski definition) is 7. The molecule has 7 nitrogen and oxygen atoms in total. The van der Waals surface area contributed by atoms with Crippen LogP contribution in [-0.4, -0.2) is 54.5 Å². The second-order valence-electron chi connectivity index (χ2n) is 7.57. The number of carbonyl (C=O) groups excluding carboxylic acids is 1. The van der Waals surface area contributed by atoms with Crippen molar-refractivity contribution in [2.24, 2.45) is 0 Å². The van der Waals surface area contributed by atoms with E-state index in [0.717, 1.165) is 30.8 Å². The Kier molecular flexibility index (Phi) is 6.79. The minimum Gasteiger partial charge on any atom is -0.485 e. The molecule has 3 aromatic rings. The molecule has 3 heterocycles. The van der Waals surface area contributed by atoms with Gasteiger partial charge in [0.05, 0.1) is 0 Å². The van der Waals surface area contributed by atoms with Crippen LogP contribution in [0.2, 0.25) is 0 Å². The molecule has 1 aliphatic heterocycles. The number of benzene rings is 1. The van der Waals surface area contributed by atoms with Crippen LogP contribution in [0.15, 0.2) is 54.3 Å². The van der Waals surface area contributed by atoms with E-state index in [1.165, 1.54) is 11.2 Å². The molecule has 162 valence electrons. The average molecular weight is 438 g/mol. The zero-order valence-electron chi connectivity index (χ0n) is 17.8. The van der Waals surface area contributed by atoms with Crippen molar-refractivity contribution < 1.29 is 9.53 Å². The Balaban J connectivity index is 1.44. The van der Waals surface area contributed by atoms with E-state index in [1.54, 1.807) is 17.5 Å². The van der Waals surface area contributed by atoms with Crippen LogP contribution in [0.4, 0.5) is 5.82 Å². The molecule has 1 N–H and O–H groups in total. The van der Waals surface area contributed by atoms with Crippen LogP contribution in [0.5, 0.6) is 5.75 Å². The van der Waals surface area contributed by atoms with Crippen LogP contribution in [-0.2, 0) is 6.54 Å². The first kappa shape index (κ1) is 21.3. The van der Waals surface area contributed by atoms with Gasteiger partial charge in [0.2, 0.25) is 0 Å². The number of ether oxygens (including phenoxy) is 1. The largest absolute Gasteiger partial charge is 0.485 e. The molecule has 0 radical (unpaired) electrons. The van der Waals surface area contributed by atoms with Crippen LogP contribution < -0.4 is 15.0 Å². The van der Waals surface area contributed by atoms with Crippen molar-refractivity contribution in [3.05, 3.63) is 70.3 Å². The van der Waals surface area contributed by atoms with Crippen molar-refractivity contribution in [1.82, 2.24) is 20.2 Å².